The molecule has 1 N–H and O–H groups in total. The zero-order valence-corrected chi connectivity index (χ0v) is 20.8. The van der Waals surface area contributed by atoms with Crippen molar-refractivity contribution in [2.45, 2.75) is 32.7 Å². The van der Waals surface area contributed by atoms with Gasteiger partial charge in [-0.1, -0.05) is 31.2 Å². The Balaban J connectivity index is 1.69. The number of likely N-dealkylation sites (tertiary alicyclic amines) is 1. The first-order chi connectivity index (χ1) is 16.9. The molecule has 2 aliphatic rings. The van der Waals surface area contributed by atoms with Crippen molar-refractivity contribution in [3.63, 3.8) is 0 Å². The molecule has 0 unspecified atom stereocenters. The van der Waals surface area contributed by atoms with Gasteiger partial charge in [0.1, 0.15) is 11.5 Å². The number of benzene rings is 2. The minimum Gasteiger partial charge on any atom is -0.507 e. The van der Waals surface area contributed by atoms with Gasteiger partial charge in [0.05, 0.1) is 31.9 Å². The smallest absolute Gasteiger partial charge is 0.295 e. The van der Waals surface area contributed by atoms with E-state index in [4.69, 9.17) is 9.47 Å². The molecular weight excluding hydrogens is 444 g/mol. The molecule has 0 aromatic heterocycles. The summed E-state index contributed by atoms with van der Waals surface area (Å²) in [5, 5.41) is 11.3. The van der Waals surface area contributed by atoms with Crippen LogP contribution in [0.2, 0.25) is 0 Å². The van der Waals surface area contributed by atoms with E-state index in [1.807, 2.05) is 31.2 Å². The molecule has 4 rings (SSSR count). The summed E-state index contributed by atoms with van der Waals surface area (Å²) in [6, 6.07) is 12.6. The fourth-order valence-electron chi connectivity index (χ4n) is 4.86. The second kappa shape index (κ2) is 11.1. The molecule has 0 bridgehead atoms. The predicted octanol–water partition coefficient (Wildman–Crippen LogP) is 3.71. The fraction of sp³-hybridized carbons (Fsp3) is 0.429. The van der Waals surface area contributed by atoms with Crippen LogP contribution in [-0.2, 0) is 20.7 Å². The number of rotatable bonds is 8. The first kappa shape index (κ1) is 24.9. The van der Waals surface area contributed by atoms with Gasteiger partial charge < -0.3 is 19.5 Å². The summed E-state index contributed by atoms with van der Waals surface area (Å²) in [7, 11) is 1.59. The molecule has 2 aromatic rings. The highest BCUT2D eigenvalue weighted by molar-refractivity contribution is 6.46. The van der Waals surface area contributed by atoms with E-state index < -0.39 is 17.7 Å². The number of carbonyl (C=O) groups is 2. The highest BCUT2D eigenvalue weighted by atomic mass is 16.5. The van der Waals surface area contributed by atoms with E-state index in [1.54, 1.807) is 30.2 Å². The summed E-state index contributed by atoms with van der Waals surface area (Å²) in [4.78, 5) is 30.4. The average molecular weight is 479 g/mol. The van der Waals surface area contributed by atoms with Crippen LogP contribution >= 0.6 is 0 Å². The molecular formula is C28H34N2O5. The lowest BCUT2D eigenvalue weighted by molar-refractivity contribution is -0.140. The monoisotopic (exact) mass is 478 g/mol. The number of morpholine rings is 1. The summed E-state index contributed by atoms with van der Waals surface area (Å²) in [5.74, 6) is -0.679. The van der Waals surface area contributed by atoms with E-state index in [0.29, 0.717) is 17.9 Å². The second-order valence-corrected chi connectivity index (χ2v) is 9.08. The van der Waals surface area contributed by atoms with Crippen molar-refractivity contribution < 1.29 is 24.2 Å². The summed E-state index contributed by atoms with van der Waals surface area (Å²) in [6.45, 7) is 8.39. The Labute approximate surface area is 206 Å². The van der Waals surface area contributed by atoms with Crippen molar-refractivity contribution in [1.29, 1.82) is 0 Å². The van der Waals surface area contributed by atoms with Gasteiger partial charge in [0, 0.05) is 31.7 Å². The molecule has 1 amide bonds. The normalized spacial score (nSPS) is 20.4. The number of aliphatic hydroxyl groups is 1. The van der Waals surface area contributed by atoms with E-state index >= 15 is 0 Å². The Hall–Kier alpha value is -3.16. The van der Waals surface area contributed by atoms with E-state index in [9.17, 15) is 14.7 Å². The van der Waals surface area contributed by atoms with Gasteiger partial charge in [-0.2, -0.15) is 0 Å². The molecule has 2 aromatic carbocycles. The molecule has 35 heavy (non-hydrogen) atoms. The Bertz CT molecular complexity index is 1100. The topological polar surface area (TPSA) is 79.3 Å². The van der Waals surface area contributed by atoms with Crippen molar-refractivity contribution in [3.05, 3.63) is 70.3 Å². The number of Topliss-reactive ketones (excluding diaryl/α,β-unsaturated/α-hetero) is 1. The van der Waals surface area contributed by atoms with Gasteiger partial charge in [0.2, 0.25) is 0 Å². The van der Waals surface area contributed by atoms with Crippen LogP contribution < -0.4 is 4.74 Å². The van der Waals surface area contributed by atoms with Crippen molar-refractivity contribution in [2.75, 3.05) is 46.5 Å². The van der Waals surface area contributed by atoms with Crippen LogP contribution in [0, 0.1) is 6.92 Å². The van der Waals surface area contributed by atoms with Crippen LogP contribution in [0.25, 0.3) is 5.76 Å². The van der Waals surface area contributed by atoms with Crippen LogP contribution in [0.15, 0.2) is 48.0 Å². The van der Waals surface area contributed by atoms with Crippen LogP contribution in [0.4, 0.5) is 0 Å². The lowest BCUT2D eigenvalue weighted by Crippen LogP contribution is -2.38. The lowest BCUT2D eigenvalue weighted by atomic mass is 9.94. The first-order valence-corrected chi connectivity index (χ1v) is 12.3. The van der Waals surface area contributed by atoms with Crippen molar-refractivity contribution in [1.82, 2.24) is 9.80 Å². The summed E-state index contributed by atoms with van der Waals surface area (Å²) in [5.41, 5.74) is 3.45. The van der Waals surface area contributed by atoms with E-state index in [1.165, 1.54) is 5.56 Å². The highest BCUT2D eigenvalue weighted by Crippen LogP contribution is 2.40. The van der Waals surface area contributed by atoms with Crippen LogP contribution in [-0.4, -0.2) is 73.1 Å². The van der Waals surface area contributed by atoms with Crippen LogP contribution in [0.1, 0.15) is 41.6 Å². The zero-order chi connectivity index (χ0) is 24.9. The lowest BCUT2D eigenvalue weighted by Gasteiger charge is -2.29. The fourth-order valence-corrected chi connectivity index (χ4v) is 4.86. The largest absolute Gasteiger partial charge is 0.507 e. The number of amides is 1. The third-order valence-electron chi connectivity index (χ3n) is 6.89. The van der Waals surface area contributed by atoms with E-state index in [0.717, 1.165) is 56.8 Å². The Morgan fingerprint density at radius 2 is 1.80 bits per heavy atom. The molecule has 0 saturated carbocycles. The molecule has 2 fully saturated rings. The Morgan fingerprint density at radius 3 is 2.43 bits per heavy atom. The maximum Gasteiger partial charge on any atom is 0.295 e. The van der Waals surface area contributed by atoms with Crippen molar-refractivity contribution in [3.8, 4) is 5.75 Å². The molecule has 0 radical (unpaired) electrons. The van der Waals surface area contributed by atoms with E-state index in [-0.39, 0.29) is 11.3 Å². The molecule has 7 heteroatoms. The Morgan fingerprint density at radius 1 is 1.09 bits per heavy atom. The van der Waals surface area contributed by atoms with Gasteiger partial charge in [0.25, 0.3) is 11.7 Å². The minimum atomic E-state index is -0.646. The first-order valence-electron chi connectivity index (χ1n) is 12.3. The molecule has 0 aliphatic carbocycles. The van der Waals surface area contributed by atoms with Gasteiger partial charge in [-0.25, -0.2) is 0 Å². The third-order valence-corrected chi connectivity index (χ3v) is 6.89. The molecule has 2 heterocycles. The maximum atomic E-state index is 13.2. The number of aryl methyl sites for hydroxylation is 2. The van der Waals surface area contributed by atoms with Crippen molar-refractivity contribution in [2.24, 2.45) is 0 Å². The number of aliphatic hydroxyl groups excluding tert-OH is 1. The third kappa shape index (κ3) is 5.26. The molecule has 2 saturated heterocycles. The number of ether oxygens (including phenoxy) is 2. The average Bonchev–Trinajstić information content (AvgIpc) is 3.14. The van der Waals surface area contributed by atoms with Gasteiger partial charge in [-0.3, -0.25) is 14.5 Å². The standard InChI is InChI=1S/C28H34N2O5/c1-4-20-6-8-21(9-7-20)25-24(26(31)22-10-11-23(34-3)19(2)18-22)27(32)28(33)30(25)13-5-12-29-14-16-35-17-15-29/h6-11,18,25,31H,4-5,12-17H2,1-3H3/b26-24+/t25-/m0/s1. The van der Waals surface area contributed by atoms with Crippen molar-refractivity contribution >= 4 is 17.4 Å². The number of nitrogens with zero attached hydrogens (tertiary/aromatic N) is 2. The Kier molecular flexibility index (Phi) is 7.88. The molecule has 7 nitrogen and oxygen atoms in total. The molecule has 186 valence electrons. The van der Waals surface area contributed by atoms with Gasteiger partial charge in [-0.05, 0) is 54.7 Å². The number of carbonyl (C=O) groups excluding carboxylic acids is 2. The number of methoxy groups -OCH3 is 1. The summed E-state index contributed by atoms with van der Waals surface area (Å²) in [6.07, 6.45) is 1.63. The SMILES string of the molecule is CCc1ccc([C@H]2/C(=C(\O)c3ccc(OC)c(C)c3)C(=O)C(=O)N2CCCN2CCOCC2)cc1. The minimum absolute atomic E-state index is 0.134. The summed E-state index contributed by atoms with van der Waals surface area (Å²) < 4.78 is 10.7. The molecule has 2 aliphatic heterocycles. The summed E-state index contributed by atoms with van der Waals surface area (Å²) >= 11 is 0. The number of hydrogen-bond acceptors (Lipinski definition) is 6. The number of ketones is 1. The highest BCUT2D eigenvalue weighted by Gasteiger charge is 2.45. The van der Waals surface area contributed by atoms with E-state index in [2.05, 4.69) is 11.8 Å². The predicted molar refractivity (Wildman–Crippen MR) is 134 cm³/mol. The van der Waals surface area contributed by atoms with Crippen LogP contribution in [0.3, 0.4) is 0 Å². The van der Waals surface area contributed by atoms with Gasteiger partial charge in [-0.15, -0.1) is 0 Å². The second-order valence-electron chi connectivity index (χ2n) is 9.08. The van der Waals surface area contributed by atoms with Crippen LogP contribution in [0.5, 0.6) is 5.75 Å². The zero-order valence-electron chi connectivity index (χ0n) is 20.8. The molecule has 1 atom stereocenters. The number of hydrogen-bond donors (Lipinski definition) is 1. The quantitative estimate of drug-likeness (QED) is 0.354. The van der Waals surface area contributed by atoms with Gasteiger partial charge >= 0.3 is 0 Å². The maximum absolute atomic E-state index is 13.2. The molecule has 0 spiro atoms. The van der Waals surface area contributed by atoms with Gasteiger partial charge in [0.15, 0.2) is 0 Å².